The lowest BCUT2D eigenvalue weighted by Crippen LogP contribution is -2.47. The minimum atomic E-state index is -4.30. The van der Waals surface area contributed by atoms with Crippen LogP contribution in [0.5, 0.6) is 11.6 Å². The van der Waals surface area contributed by atoms with Crippen molar-refractivity contribution in [2.45, 2.75) is 42.8 Å². The van der Waals surface area contributed by atoms with Gasteiger partial charge in [0.1, 0.15) is 23.0 Å². The predicted octanol–water partition coefficient (Wildman–Crippen LogP) is 2.78. The van der Waals surface area contributed by atoms with Gasteiger partial charge in [-0.2, -0.15) is 13.5 Å². The highest BCUT2D eigenvalue weighted by Gasteiger charge is 2.51. The van der Waals surface area contributed by atoms with Crippen LogP contribution >= 0.6 is 0 Å². The summed E-state index contributed by atoms with van der Waals surface area (Å²) in [4.78, 5) is 35.2. The number of nitrogens with two attached hydrogens (primary N) is 1. The van der Waals surface area contributed by atoms with Crippen molar-refractivity contribution in [1.82, 2.24) is 29.8 Å². The molecule has 0 spiro atoms. The van der Waals surface area contributed by atoms with Gasteiger partial charge >= 0.3 is 10.1 Å². The molecule has 46 heavy (non-hydrogen) atoms. The van der Waals surface area contributed by atoms with Gasteiger partial charge in [0.25, 0.3) is 5.91 Å². The number of anilines is 1. The number of ether oxygens (including phenoxy) is 1. The van der Waals surface area contributed by atoms with Crippen molar-refractivity contribution in [3.63, 3.8) is 0 Å². The number of likely N-dealkylation sites (tertiary alicyclic amines) is 1. The lowest BCUT2D eigenvalue weighted by Gasteiger charge is -2.36. The van der Waals surface area contributed by atoms with E-state index in [1.807, 2.05) is 0 Å². The Morgan fingerprint density at radius 2 is 1.83 bits per heavy atom. The number of benzene rings is 1. The van der Waals surface area contributed by atoms with E-state index in [1.165, 1.54) is 42.1 Å². The largest absolute Gasteiger partial charge is 0.480 e. The molecule has 1 saturated carbocycles. The van der Waals surface area contributed by atoms with Crippen LogP contribution in [0.2, 0.25) is 0 Å². The van der Waals surface area contributed by atoms with E-state index in [-0.39, 0.29) is 57.8 Å². The van der Waals surface area contributed by atoms with Crippen molar-refractivity contribution >= 4 is 33.3 Å². The molecule has 3 N–H and O–H groups in total. The third kappa shape index (κ3) is 5.77. The van der Waals surface area contributed by atoms with Gasteiger partial charge in [-0.05, 0) is 25.1 Å². The highest BCUT2D eigenvalue weighted by molar-refractivity contribution is 7.87. The van der Waals surface area contributed by atoms with E-state index < -0.39 is 58.8 Å². The maximum Gasteiger partial charge on any atom is 0.339 e. The number of nitrogens with one attached hydrogen (secondary N) is 1. The third-order valence-electron chi connectivity index (χ3n) is 7.96. The van der Waals surface area contributed by atoms with Gasteiger partial charge in [-0.3, -0.25) is 9.59 Å². The molecule has 4 aromatic rings. The lowest BCUT2D eigenvalue weighted by atomic mass is 9.80. The number of methoxy groups -OCH3 is 1. The predicted molar refractivity (Wildman–Crippen MR) is 157 cm³/mol. The van der Waals surface area contributed by atoms with Crippen molar-refractivity contribution in [3.8, 4) is 22.9 Å². The van der Waals surface area contributed by atoms with Gasteiger partial charge in [0, 0.05) is 43.1 Å². The number of alkyl halides is 3. The minimum Gasteiger partial charge on any atom is -0.480 e. The SMILES string of the molecule is COc1ncc(-c2cc(OS(=O)(=O)c3ccc(C)cc3)c3c(N)ncnn23)cc1C(=O)N[C@@H]1CN(C(=O)C2CC(F)(F)C2)C[C@@H]1F. The normalized spacial score (nSPS) is 19.5. The Kier molecular flexibility index (Phi) is 7.74. The van der Waals surface area contributed by atoms with E-state index in [9.17, 15) is 31.2 Å². The monoisotopic (exact) mass is 659 g/mol. The second-order valence-electron chi connectivity index (χ2n) is 11.2. The number of aromatic nitrogens is 4. The maximum atomic E-state index is 14.9. The van der Waals surface area contributed by atoms with E-state index >= 15 is 0 Å². The van der Waals surface area contributed by atoms with Gasteiger partial charge in [-0.1, -0.05) is 17.7 Å². The zero-order chi connectivity index (χ0) is 33.0. The number of halogens is 3. The Labute approximate surface area is 260 Å². The molecule has 0 unspecified atom stereocenters. The number of nitrogen functional groups attached to an aromatic ring is 1. The smallest absolute Gasteiger partial charge is 0.339 e. The van der Waals surface area contributed by atoms with Crippen LogP contribution in [0.1, 0.15) is 28.8 Å². The van der Waals surface area contributed by atoms with Crippen molar-refractivity contribution in [2.24, 2.45) is 5.92 Å². The van der Waals surface area contributed by atoms with Gasteiger partial charge in [0.05, 0.1) is 25.4 Å². The number of aryl methyl sites for hydroxylation is 1. The molecule has 6 rings (SSSR count). The fraction of sp³-hybridized carbons (Fsp3) is 0.345. The molecule has 2 amide bonds. The van der Waals surface area contributed by atoms with Crippen LogP contribution in [0.3, 0.4) is 0 Å². The van der Waals surface area contributed by atoms with Crippen LogP contribution < -0.4 is 20.0 Å². The Morgan fingerprint density at radius 1 is 1.11 bits per heavy atom. The molecule has 13 nitrogen and oxygen atoms in total. The summed E-state index contributed by atoms with van der Waals surface area (Å²) < 4.78 is 79.7. The summed E-state index contributed by atoms with van der Waals surface area (Å²) in [5, 5.41) is 6.73. The lowest BCUT2D eigenvalue weighted by molar-refractivity contribution is -0.159. The van der Waals surface area contributed by atoms with Gasteiger partial charge < -0.3 is 24.9 Å². The summed E-state index contributed by atoms with van der Waals surface area (Å²) in [6.07, 6.45) is -0.312. The molecule has 1 aliphatic heterocycles. The quantitative estimate of drug-likeness (QED) is 0.268. The molecular formula is C29H28F3N7O6S. The van der Waals surface area contributed by atoms with Crippen LogP contribution in [-0.4, -0.2) is 83.0 Å². The summed E-state index contributed by atoms with van der Waals surface area (Å²) in [6.45, 7) is 1.27. The number of hydrogen-bond acceptors (Lipinski definition) is 10. The highest BCUT2D eigenvalue weighted by Crippen LogP contribution is 2.43. The van der Waals surface area contributed by atoms with Crippen LogP contribution in [-0.2, 0) is 14.9 Å². The number of rotatable bonds is 8. The number of carbonyl (C=O) groups excluding carboxylic acids is 2. The van der Waals surface area contributed by atoms with E-state index in [0.29, 0.717) is 0 Å². The number of carbonyl (C=O) groups is 2. The number of fused-ring (bicyclic) bond motifs is 1. The zero-order valence-corrected chi connectivity index (χ0v) is 25.3. The van der Waals surface area contributed by atoms with Crippen molar-refractivity contribution < 1.29 is 40.1 Å². The summed E-state index contributed by atoms with van der Waals surface area (Å²) in [7, 11) is -3.02. The Bertz CT molecular complexity index is 1950. The molecule has 17 heteroatoms. The van der Waals surface area contributed by atoms with E-state index in [2.05, 4.69) is 20.4 Å². The van der Waals surface area contributed by atoms with Crippen LogP contribution in [0.25, 0.3) is 16.8 Å². The molecule has 4 heterocycles. The Balaban J connectivity index is 1.28. The molecule has 1 aromatic carbocycles. The first-order valence-corrected chi connectivity index (χ1v) is 15.5. The summed E-state index contributed by atoms with van der Waals surface area (Å²) in [5.74, 6) is -5.51. The Morgan fingerprint density at radius 3 is 2.50 bits per heavy atom. The van der Waals surface area contributed by atoms with Gasteiger partial charge in [0.15, 0.2) is 17.1 Å². The molecular weight excluding hydrogens is 631 g/mol. The molecule has 242 valence electrons. The van der Waals surface area contributed by atoms with E-state index in [1.54, 1.807) is 19.1 Å². The number of nitrogens with zero attached hydrogens (tertiary/aromatic N) is 5. The standard InChI is InChI=1S/C29H28F3N7O6S/c1-15-3-5-18(6-4-15)46(42,43)45-23-8-22(39-24(23)25(33)35-14-36-39)16-7-19(27(44-2)34-11-16)26(40)37-21-13-38(12-20(21)30)28(41)17-9-29(31,32)10-17/h3-8,11,14,17,20-21H,9-10,12-13H2,1-2H3,(H,37,40)(H2,33,35,36)/t20-,21+/m0/s1. The topological polar surface area (TPSA) is 171 Å². The maximum absolute atomic E-state index is 14.9. The fourth-order valence-corrected chi connectivity index (χ4v) is 6.44. The fourth-order valence-electron chi connectivity index (χ4n) is 5.51. The van der Waals surface area contributed by atoms with E-state index in [4.69, 9.17) is 14.7 Å². The number of hydrogen-bond donors (Lipinski definition) is 2. The molecule has 1 aliphatic carbocycles. The van der Waals surface area contributed by atoms with Crippen LogP contribution in [0.4, 0.5) is 19.0 Å². The average Bonchev–Trinajstić information content (AvgIpc) is 3.55. The molecule has 2 aliphatic rings. The zero-order valence-electron chi connectivity index (χ0n) is 24.5. The second kappa shape index (κ2) is 11.5. The van der Waals surface area contributed by atoms with Crippen molar-refractivity contribution in [3.05, 3.63) is 60.0 Å². The minimum absolute atomic E-state index is 0.0372. The van der Waals surface area contributed by atoms with Gasteiger partial charge in [-0.15, -0.1) is 0 Å². The van der Waals surface area contributed by atoms with Crippen LogP contribution in [0.15, 0.2) is 53.8 Å². The molecule has 2 atom stereocenters. The summed E-state index contributed by atoms with van der Waals surface area (Å²) in [5.41, 5.74) is 7.34. The Hall–Kier alpha value is -4.93. The van der Waals surface area contributed by atoms with Crippen molar-refractivity contribution in [2.75, 3.05) is 25.9 Å². The number of pyridine rings is 1. The summed E-state index contributed by atoms with van der Waals surface area (Å²) >= 11 is 0. The average molecular weight is 660 g/mol. The molecule has 0 radical (unpaired) electrons. The number of amides is 2. The molecule has 3 aromatic heterocycles. The third-order valence-corrected chi connectivity index (χ3v) is 9.21. The van der Waals surface area contributed by atoms with Gasteiger partial charge in [0.2, 0.25) is 17.7 Å². The first-order valence-electron chi connectivity index (χ1n) is 14.1. The molecule has 2 fully saturated rings. The second-order valence-corrected chi connectivity index (χ2v) is 12.8. The van der Waals surface area contributed by atoms with Gasteiger partial charge in [-0.25, -0.2) is 27.7 Å². The summed E-state index contributed by atoms with van der Waals surface area (Å²) in [6, 6.07) is 7.65. The van der Waals surface area contributed by atoms with E-state index in [0.717, 1.165) is 16.8 Å². The highest BCUT2D eigenvalue weighted by atomic mass is 32.2. The first-order chi connectivity index (χ1) is 21.8. The first kappa shape index (κ1) is 31.1. The molecule has 0 bridgehead atoms. The van der Waals surface area contributed by atoms with Crippen molar-refractivity contribution in [1.29, 1.82) is 0 Å². The van der Waals surface area contributed by atoms with Crippen LogP contribution in [0, 0.1) is 12.8 Å². The molecule has 1 saturated heterocycles.